The number of hydrogen-bond acceptors (Lipinski definition) is 2. The maximum Gasteiger partial charge on any atom is 0.272 e. The number of benzene rings is 1. The molecule has 2 N–H and O–H groups in total. The molecule has 0 saturated heterocycles. The van der Waals surface area contributed by atoms with Crippen LogP contribution in [0.1, 0.15) is 16.1 Å². The third-order valence-corrected chi connectivity index (χ3v) is 3.01. The highest BCUT2D eigenvalue weighted by atomic mass is 16.1. The summed E-state index contributed by atoms with van der Waals surface area (Å²) < 4.78 is 1.92. The van der Waals surface area contributed by atoms with Gasteiger partial charge in [-0.1, -0.05) is 30.3 Å². The lowest BCUT2D eigenvalue weighted by atomic mass is 10.2. The molecule has 20 heavy (non-hydrogen) atoms. The molecule has 0 unspecified atom stereocenters. The first-order valence-electron chi connectivity index (χ1n) is 6.32. The smallest absolute Gasteiger partial charge is 0.272 e. The highest BCUT2D eigenvalue weighted by Gasteiger charge is 2.11. The van der Waals surface area contributed by atoms with E-state index in [4.69, 9.17) is 0 Å². The molecule has 2 heterocycles. The molecular formula is C15H14N4O. The van der Waals surface area contributed by atoms with Gasteiger partial charge in [0.2, 0.25) is 0 Å². The molecule has 5 nitrogen and oxygen atoms in total. The Morgan fingerprint density at radius 2 is 2.05 bits per heavy atom. The minimum Gasteiger partial charge on any atom is -0.339 e. The number of carbonyl (C=O) groups is 1. The van der Waals surface area contributed by atoms with Crippen LogP contribution in [-0.4, -0.2) is 20.7 Å². The van der Waals surface area contributed by atoms with Crippen LogP contribution in [-0.2, 0) is 6.54 Å². The summed E-state index contributed by atoms with van der Waals surface area (Å²) in [7, 11) is 0. The van der Waals surface area contributed by atoms with Gasteiger partial charge in [-0.3, -0.25) is 9.89 Å². The average Bonchev–Trinajstić information content (AvgIpc) is 3.11. The van der Waals surface area contributed by atoms with E-state index in [1.165, 1.54) is 0 Å². The van der Waals surface area contributed by atoms with Crippen molar-refractivity contribution in [2.24, 2.45) is 0 Å². The fourth-order valence-electron chi connectivity index (χ4n) is 2.05. The van der Waals surface area contributed by atoms with E-state index in [9.17, 15) is 4.79 Å². The van der Waals surface area contributed by atoms with Gasteiger partial charge >= 0.3 is 0 Å². The lowest BCUT2D eigenvalue weighted by Crippen LogP contribution is -2.16. The van der Waals surface area contributed by atoms with Crippen LogP contribution in [0, 0.1) is 0 Å². The number of nitrogens with zero attached hydrogens (tertiary/aromatic N) is 2. The van der Waals surface area contributed by atoms with Crippen molar-refractivity contribution in [3.63, 3.8) is 0 Å². The zero-order valence-electron chi connectivity index (χ0n) is 10.8. The van der Waals surface area contributed by atoms with Gasteiger partial charge in [-0.05, 0) is 17.7 Å². The molecule has 0 radical (unpaired) electrons. The minimum atomic E-state index is -0.146. The van der Waals surface area contributed by atoms with Gasteiger partial charge in [-0.2, -0.15) is 5.10 Å². The first-order chi connectivity index (χ1) is 9.83. The first-order valence-corrected chi connectivity index (χ1v) is 6.32. The molecule has 0 aliphatic carbocycles. The van der Waals surface area contributed by atoms with Gasteiger partial charge in [-0.15, -0.1) is 0 Å². The summed E-state index contributed by atoms with van der Waals surface area (Å²) in [6.45, 7) is 0.669. The topological polar surface area (TPSA) is 62.7 Å². The molecule has 0 bridgehead atoms. The molecule has 0 aliphatic heterocycles. The predicted molar refractivity (Wildman–Crippen MR) is 76.5 cm³/mol. The Balaban J connectivity index is 1.78. The number of nitrogens with one attached hydrogen (secondary N) is 2. The van der Waals surface area contributed by atoms with Gasteiger partial charge in [0.15, 0.2) is 0 Å². The number of anilines is 1. The van der Waals surface area contributed by atoms with Gasteiger partial charge in [0.1, 0.15) is 5.69 Å². The molecule has 0 aliphatic rings. The SMILES string of the molecule is O=C(Nc1cn[nH]c1)c1cccn1Cc1ccccc1. The fourth-order valence-corrected chi connectivity index (χ4v) is 2.05. The molecule has 1 amide bonds. The van der Waals surface area contributed by atoms with Crippen LogP contribution in [0.25, 0.3) is 0 Å². The minimum absolute atomic E-state index is 0.146. The zero-order chi connectivity index (χ0) is 13.8. The maximum atomic E-state index is 12.2. The van der Waals surface area contributed by atoms with Gasteiger partial charge < -0.3 is 9.88 Å². The van der Waals surface area contributed by atoms with Crippen molar-refractivity contribution >= 4 is 11.6 Å². The number of rotatable bonds is 4. The van der Waals surface area contributed by atoms with Gasteiger partial charge in [-0.25, -0.2) is 0 Å². The predicted octanol–water partition coefficient (Wildman–Crippen LogP) is 2.51. The van der Waals surface area contributed by atoms with Crippen molar-refractivity contribution in [3.8, 4) is 0 Å². The average molecular weight is 266 g/mol. The van der Waals surface area contributed by atoms with Crippen LogP contribution in [0.2, 0.25) is 0 Å². The van der Waals surface area contributed by atoms with E-state index in [1.807, 2.05) is 47.2 Å². The van der Waals surface area contributed by atoms with E-state index < -0.39 is 0 Å². The molecule has 3 rings (SSSR count). The summed E-state index contributed by atoms with van der Waals surface area (Å²) >= 11 is 0. The second-order valence-electron chi connectivity index (χ2n) is 4.45. The molecular weight excluding hydrogens is 252 g/mol. The van der Waals surface area contributed by atoms with E-state index in [-0.39, 0.29) is 5.91 Å². The fraction of sp³-hybridized carbons (Fsp3) is 0.0667. The van der Waals surface area contributed by atoms with Crippen LogP contribution >= 0.6 is 0 Å². The molecule has 100 valence electrons. The largest absolute Gasteiger partial charge is 0.339 e. The lowest BCUT2D eigenvalue weighted by Gasteiger charge is -2.09. The maximum absolute atomic E-state index is 12.2. The number of amides is 1. The van der Waals surface area contributed by atoms with Crippen LogP contribution in [0.3, 0.4) is 0 Å². The lowest BCUT2D eigenvalue weighted by molar-refractivity contribution is 0.101. The third kappa shape index (κ3) is 2.61. The molecule has 0 spiro atoms. The Morgan fingerprint density at radius 3 is 2.80 bits per heavy atom. The third-order valence-electron chi connectivity index (χ3n) is 3.01. The number of aromatic nitrogens is 3. The van der Waals surface area contributed by atoms with E-state index in [0.717, 1.165) is 5.56 Å². The van der Waals surface area contributed by atoms with Crippen LogP contribution in [0.15, 0.2) is 61.1 Å². The van der Waals surface area contributed by atoms with E-state index in [2.05, 4.69) is 15.5 Å². The van der Waals surface area contributed by atoms with Gasteiger partial charge in [0.05, 0.1) is 11.9 Å². The molecule has 0 atom stereocenters. The Kier molecular flexibility index (Phi) is 3.33. The molecule has 3 aromatic rings. The summed E-state index contributed by atoms with van der Waals surface area (Å²) in [5.41, 5.74) is 2.43. The number of carbonyl (C=O) groups excluding carboxylic acids is 1. The van der Waals surface area contributed by atoms with Crippen LogP contribution < -0.4 is 5.32 Å². The Hall–Kier alpha value is -2.82. The summed E-state index contributed by atoms with van der Waals surface area (Å²) in [5, 5.41) is 9.26. The highest BCUT2D eigenvalue weighted by Crippen LogP contribution is 2.10. The van der Waals surface area contributed by atoms with Crippen LogP contribution in [0.4, 0.5) is 5.69 Å². The Labute approximate surface area is 116 Å². The zero-order valence-corrected chi connectivity index (χ0v) is 10.8. The number of H-pyrrole nitrogens is 1. The number of aromatic amines is 1. The molecule has 5 heteroatoms. The molecule has 1 aromatic carbocycles. The summed E-state index contributed by atoms with van der Waals surface area (Å²) in [6, 6.07) is 13.7. The summed E-state index contributed by atoms with van der Waals surface area (Å²) in [5.74, 6) is -0.146. The molecule has 0 saturated carbocycles. The standard InChI is InChI=1S/C15H14N4O/c20-15(18-13-9-16-17-10-13)14-7-4-8-19(14)11-12-5-2-1-3-6-12/h1-10H,11H2,(H,16,17)(H,18,20). The Morgan fingerprint density at radius 1 is 1.20 bits per heavy atom. The van der Waals surface area contributed by atoms with Crippen molar-refractivity contribution in [2.75, 3.05) is 5.32 Å². The number of hydrogen-bond donors (Lipinski definition) is 2. The monoisotopic (exact) mass is 266 g/mol. The van der Waals surface area contributed by atoms with E-state index >= 15 is 0 Å². The quantitative estimate of drug-likeness (QED) is 0.762. The van der Waals surface area contributed by atoms with Crippen molar-refractivity contribution < 1.29 is 4.79 Å². The van der Waals surface area contributed by atoms with Crippen molar-refractivity contribution in [2.45, 2.75) is 6.54 Å². The second-order valence-corrected chi connectivity index (χ2v) is 4.45. The van der Waals surface area contributed by atoms with Gasteiger partial charge in [0, 0.05) is 18.9 Å². The van der Waals surface area contributed by atoms with Crippen LogP contribution in [0.5, 0.6) is 0 Å². The normalized spacial score (nSPS) is 10.4. The molecule has 2 aromatic heterocycles. The van der Waals surface area contributed by atoms with Crippen molar-refractivity contribution in [3.05, 3.63) is 72.3 Å². The summed E-state index contributed by atoms with van der Waals surface area (Å²) in [4.78, 5) is 12.2. The van der Waals surface area contributed by atoms with E-state index in [0.29, 0.717) is 17.9 Å². The Bertz CT molecular complexity index is 686. The second kappa shape index (κ2) is 5.44. The van der Waals surface area contributed by atoms with E-state index in [1.54, 1.807) is 18.5 Å². The van der Waals surface area contributed by atoms with Gasteiger partial charge in [0.25, 0.3) is 5.91 Å². The summed E-state index contributed by atoms with van der Waals surface area (Å²) in [6.07, 6.45) is 5.11. The first kappa shape index (κ1) is 12.2. The molecule has 0 fully saturated rings. The van der Waals surface area contributed by atoms with Crippen molar-refractivity contribution in [1.29, 1.82) is 0 Å². The van der Waals surface area contributed by atoms with Crippen molar-refractivity contribution in [1.82, 2.24) is 14.8 Å². The highest BCUT2D eigenvalue weighted by molar-refractivity contribution is 6.03.